The van der Waals surface area contributed by atoms with Crippen molar-refractivity contribution >= 4 is 17.3 Å². The van der Waals surface area contributed by atoms with Crippen molar-refractivity contribution in [1.29, 1.82) is 0 Å². The number of fused-ring (bicyclic) bond motifs is 1. The second kappa shape index (κ2) is 6.27. The number of benzene rings is 1. The second-order valence-electron chi connectivity index (χ2n) is 5.46. The molecule has 4 rings (SSSR count). The fourth-order valence-corrected chi connectivity index (χ4v) is 2.58. The Kier molecular flexibility index (Phi) is 3.81. The van der Waals surface area contributed by atoms with Crippen LogP contribution in [0.25, 0.3) is 17.4 Å². The number of hydrogen-bond donors (Lipinski definition) is 1. The summed E-state index contributed by atoms with van der Waals surface area (Å²) in [5.41, 5.74) is 1.69. The zero-order valence-electron chi connectivity index (χ0n) is 13.9. The van der Waals surface area contributed by atoms with Crippen molar-refractivity contribution in [2.45, 2.75) is 13.8 Å². The van der Waals surface area contributed by atoms with E-state index in [1.54, 1.807) is 16.8 Å². The number of ether oxygens (including phenoxy) is 1. The van der Waals surface area contributed by atoms with Crippen LogP contribution in [0.1, 0.15) is 12.6 Å². The van der Waals surface area contributed by atoms with Crippen LogP contribution in [-0.2, 0) is 0 Å². The zero-order valence-corrected chi connectivity index (χ0v) is 13.9. The van der Waals surface area contributed by atoms with Crippen LogP contribution < -0.4 is 10.1 Å². The van der Waals surface area contributed by atoms with Gasteiger partial charge in [-0.1, -0.05) is 12.1 Å². The lowest BCUT2D eigenvalue weighted by Gasteiger charge is -2.13. The lowest BCUT2D eigenvalue weighted by Crippen LogP contribution is -2.04. The molecule has 0 fully saturated rings. The smallest absolute Gasteiger partial charge is 0.255 e. The summed E-state index contributed by atoms with van der Waals surface area (Å²) in [7, 11) is 0. The molecule has 0 aliphatic carbocycles. The lowest BCUT2D eigenvalue weighted by atomic mass is 10.3. The normalized spacial score (nSPS) is 11.0. The summed E-state index contributed by atoms with van der Waals surface area (Å²) < 4.78 is 12.7. The minimum atomic E-state index is 0.490. The maximum absolute atomic E-state index is 5.68. The molecule has 0 unspecified atom stereocenters. The van der Waals surface area contributed by atoms with Gasteiger partial charge in [-0.15, -0.1) is 5.10 Å². The van der Waals surface area contributed by atoms with Crippen LogP contribution in [0.5, 0.6) is 5.75 Å². The van der Waals surface area contributed by atoms with Crippen LogP contribution in [0.15, 0.2) is 53.1 Å². The number of para-hydroxylation sites is 2. The molecule has 0 amide bonds. The van der Waals surface area contributed by atoms with Crippen LogP contribution in [0, 0.1) is 6.92 Å². The van der Waals surface area contributed by atoms with Gasteiger partial charge in [-0.3, -0.25) is 0 Å². The van der Waals surface area contributed by atoms with Gasteiger partial charge in [-0.25, -0.2) is 4.98 Å². The highest BCUT2D eigenvalue weighted by Gasteiger charge is 2.14. The molecule has 7 heteroatoms. The number of aryl methyl sites for hydroxylation is 1. The van der Waals surface area contributed by atoms with Crippen molar-refractivity contribution in [1.82, 2.24) is 19.6 Å². The molecule has 0 radical (unpaired) electrons. The summed E-state index contributed by atoms with van der Waals surface area (Å²) >= 11 is 0. The predicted molar refractivity (Wildman–Crippen MR) is 94.1 cm³/mol. The molecule has 0 bridgehead atoms. The fourth-order valence-electron chi connectivity index (χ4n) is 2.58. The van der Waals surface area contributed by atoms with Gasteiger partial charge in [0, 0.05) is 11.8 Å². The van der Waals surface area contributed by atoms with Gasteiger partial charge in [0.1, 0.15) is 11.6 Å². The molecule has 0 atom stereocenters. The molecule has 0 saturated heterocycles. The minimum absolute atomic E-state index is 0.490. The minimum Gasteiger partial charge on any atom is -0.492 e. The Morgan fingerprint density at radius 3 is 2.84 bits per heavy atom. The van der Waals surface area contributed by atoms with Crippen LogP contribution in [0.4, 0.5) is 11.5 Å². The Hall–Kier alpha value is -3.35. The van der Waals surface area contributed by atoms with Crippen molar-refractivity contribution in [3.63, 3.8) is 0 Å². The molecule has 3 aromatic heterocycles. The van der Waals surface area contributed by atoms with Gasteiger partial charge in [0.25, 0.3) is 5.78 Å². The SMILES string of the molecule is CCOc1ccccc1Nc1cc(C)nc2nc(-c3ccco3)nn12. The molecule has 0 aliphatic heterocycles. The van der Waals surface area contributed by atoms with Gasteiger partial charge >= 0.3 is 0 Å². The lowest BCUT2D eigenvalue weighted by molar-refractivity contribution is 0.342. The van der Waals surface area contributed by atoms with Crippen LogP contribution in [0.2, 0.25) is 0 Å². The Bertz CT molecular complexity index is 1010. The number of nitrogens with one attached hydrogen (secondary N) is 1. The van der Waals surface area contributed by atoms with Crippen molar-refractivity contribution in [3.8, 4) is 17.3 Å². The Balaban J connectivity index is 1.79. The first-order valence-corrected chi connectivity index (χ1v) is 8.02. The van der Waals surface area contributed by atoms with E-state index in [1.807, 2.05) is 50.2 Å². The number of rotatable bonds is 5. The summed E-state index contributed by atoms with van der Waals surface area (Å²) in [5, 5.41) is 7.88. The third-order valence-electron chi connectivity index (χ3n) is 3.63. The van der Waals surface area contributed by atoms with Crippen LogP contribution in [0.3, 0.4) is 0 Å². The van der Waals surface area contributed by atoms with E-state index in [2.05, 4.69) is 20.4 Å². The summed E-state index contributed by atoms with van der Waals surface area (Å²) in [6.45, 7) is 4.47. The summed E-state index contributed by atoms with van der Waals surface area (Å²) in [6.07, 6.45) is 1.59. The molecule has 0 saturated carbocycles. The molecule has 7 nitrogen and oxygen atoms in total. The fraction of sp³-hybridized carbons (Fsp3) is 0.167. The molecular weight excluding hydrogens is 318 g/mol. The first-order valence-electron chi connectivity index (χ1n) is 8.02. The van der Waals surface area contributed by atoms with Gasteiger partial charge in [0.15, 0.2) is 5.76 Å². The maximum atomic E-state index is 5.68. The summed E-state index contributed by atoms with van der Waals surface area (Å²) in [6, 6.07) is 13.3. The van der Waals surface area contributed by atoms with Crippen LogP contribution >= 0.6 is 0 Å². The van der Waals surface area contributed by atoms with E-state index >= 15 is 0 Å². The molecule has 3 heterocycles. The quantitative estimate of drug-likeness (QED) is 0.597. The molecule has 1 aromatic carbocycles. The first kappa shape index (κ1) is 15.2. The number of furan rings is 1. The molecule has 0 aliphatic rings. The van der Waals surface area contributed by atoms with E-state index < -0.39 is 0 Å². The average Bonchev–Trinajstić information content (AvgIpc) is 3.25. The van der Waals surface area contributed by atoms with E-state index in [4.69, 9.17) is 9.15 Å². The van der Waals surface area contributed by atoms with Crippen molar-refractivity contribution in [2.24, 2.45) is 0 Å². The highest BCUT2D eigenvalue weighted by atomic mass is 16.5. The van der Waals surface area contributed by atoms with E-state index in [0.717, 1.165) is 22.9 Å². The topological polar surface area (TPSA) is 77.5 Å². The van der Waals surface area contributed by atoms with E-state index in [9.17, 15) is 0 Å². The van der Waals surface area contributed by atoms with Crippen molar-refractivity contribution < 1.29 is 9.15 Å². The maximum Gasteiger partial charge on any atom is 0.255 e. The number of nitrogens with zero attached hydrogens (tertiary/aromatic N) is 4. The van der Waals surface area contributed by atoms with Gasteiger partial charge in [0.2, 0.25) is 5.82 Å². The number of anilines is 2. The highest BCUT2D eigenvalue weighted by Crippen LogP contribution is 2.28. The highest BCUT2D eigenvalue weighted by molar-refractivity contribution is 5.66. The zero-order chi connectivity index (χ0) is 17.2. The van der Waals surface area contributed by atoms with Crippen LogP contribution in [-0.4, -0.2) is 26.2 Å². The third-order valence-corrected chi connectivity index (χ3v) is 3.63. The number of hydrogen-bond acceptors (Lipinski definition) is 6. The molecule has 0 spiro atoms. The monoisotopic (exact) mass is 335 g/mol. The predicted octanol–water partition coefficient (Wildman–Crippen LogP) is 3.84. The molecule has 126 valence electrons. The largest absolute Gasteiger partial charge is 0.492 e. The second-order valence-corrected chi connectivity index (χ2v) is 5.46. The Labute approximate surface area is 144 Å². The van der Waals surface area contributed by atoms with E-state index in [0.29, 0.717) is 24.0 Å². The van der Waals surface area contributed by atoms with E-state index in [-0.39, 0.29) is 0 Å². The van der Waals surface area contributed by atoms with Gasteiger partial charge in [0.05, 0.1) is 18.6 Å². The van der Waals surface area contributed by atoms with Gasteiger partial charge in [-0.05, 0) is 38.1 Å². The number of aromatic nitrogens is 4. The van der Waals surface area contributed by atoms with E-state index in [1.165, 1.54) is 0 Å². The molecule has 1 N–H and O–H groups in total. The van der Waals surface area contributed by atoms with Gasteiger partial charge < -0.3 is 14.5 Å². The summed E-state index contributed by atoms with van der Waals surface area (Å²) in [5.74, 6) is 3.12. The Morgan fingerprint density at radius 1 is 1.16 bits per heavy atom. The molecule has 25 heavy (non-hydrogen) atoms. The first-order chi connectivity index (χ1) is 12.2. The van der Waals surface area contributed by atoms with Crippen molar-refractivity contribution in [2.75, 3.05) is 11.9 Å². The van der Waals surface area contributed by atoms with Gasteiger partial charge in [-0.2, -0.15) is 9.50 Å². The standard InChI is InChI=1S/C18H17N5O2/c1-3-24-14-8-5-4-7-13(14)20-16-11-12(2)19-18-21-17(22-23(16)18)15-9-6-10-25-15/h4-11,20H,3H2,1-2H3. The molecular formula is C18H17N5O2. The third kappa shape index (κ3) is 2.91. The Morgan fingerprint density at radius 2 is 2.04 bits per heavy atom. The van der Waals surface area contributed by atoms with Crippen molar-refractivity contribution in [3.05, 3.63) is 54.4 Å². The average molecular weight is 335 g/mol. The molecule has 4 aromatic rings. The summed E-state index contributed by atoms with van der Waals surface area (Å²) in [4.78, 5) is 8.90.